The van der Waals surface area contributed by atoms with Crippen LogP contribution in [-0.4, -0.2) is 37.3 Å². The second-order valence-electron chi connectivity index (χ2n) is 3.07. The third-order valence-corrected chi connectivity index (χ3v) is 1.79. The Morgan fingerprint density at radius 2 is 2.20 bits per heavy atom. The van der Waals surface area contributed by atoms with Gasteiger partial charge in [0, 0.05) is 13.1 Å². The highest BCUT2D eigenvalue weighted by Gasteiger charge is 2.08. The van der Waals surface area contributed by atoms with Crippen LogP contribution in [0, 0.1) is 0 Å². The summed E-state index contributed by atoms with van der Waals surface area (Å²) in [5.74, 6) is 0. The number of aliphatic hydroxyl groups excluding tert-OH is 1. The van der Waals surface area contributed by atoms with Gasteiger partial charge in [0.1, 0.15) is 0 Å². The molecule has 0 bridgehead atoms. The highest BCUT2D eigenvalue weighted by molar-refractivity contribution is 5.45. The summed E-state index contributed by atoms with van der Waals surface area (Å²) in [6.07, 6.45) is 3.82. The lowest BCUT2D eigenvalue weighted by atomic mass is 10.3. The van der Waals surface area contributed by atoms with Gasteiger partial charge in [-0.1, -0.05) is 27.2 Å². The highest BCUT2D eigenvalue weighted by atomic mass is 16.3. The maximum absolute atomic E-state index is 9.57. The van der Waals surface area contributed by atoms with Crippen LogP contribution < -0.4 is 10.6 Å². The summed E-state index contributed by atoms with van der Waals surface area (Å²) >= 11 is 0. The van der Waals surface area contributed by atoms with E-state index in [4.69, 9.17) is 5.11 Å². The Bertz CT molecular complexity index is 115. The lowest BCUT2D eigenvalue weighted by Gasteiger charge is -1.90. The standard InChI is InChI=1S/C5H11NO.C4H9NO.C2H6/c1-2-3-4-6-5-7;6-4-1-2-5-3-4;1-2/h5H,2-4H2,1H3,(H,6,7);4-6H,1-3H2;1-2H3. The van der Waals surface area contributed by atoms with E-state index in [1.165, 1.54) is 0 Å². The largest absolute Gasteiger partial charge is 0.392 e. The molecular formula is C11H26N2O2. The third kappa shape index (κ3) is 16.1. The SMILES string of the molecule is CC.CCCCNC=O.OC1CCNC1. The second-order valence-corrected chi connectivity index (χ2v) is 3.07. The number of amides is 1. The average molecular weight is 218 g/mol. The zero-order valence-corrected chi connectivity index (χ0v) is 10.3. The molecule has 92 valence electrons. The van der Waals surface area contributed by atoms with Crippen molar-refractivity contribution in [1.82, 2.24) is 10.6 Å². The van der Waals surface area contributed by atoms with Gasteiger partial charge in [0.25, 0.3) is 0 Å². The van der Waals surface area contributed by atoms with Gasteiger partial charge >= 0.3 is 0 Å². The van der Waals surface area contributed by atoms with E-state index in [0.717, 1.165) is 45.3 Å². The number of hydrogen-bond donors (Lipinski definition) is 3. The van der Waals surface area contributed by atoms with Crippen molar-refractivity contribution in [3.8, 4) is 0 Å². The molecule has 3 N–H and O–H groups in total. The Labute approximate surface area is 93.4 Å². The monoisotopic (exact) mass is 218 g/mol. The minimum absolute atomic E-state index is 0.0648. The third-order valence-electron chi connectivity index (χ3n) is 1.79. The van der Waals surface area contributed by atoms with E-state index in [2.05, 4.69) is 17.6 Å². The normalized spacial score (nSPS) is 18.0. The summed E-state index contributed by atoms with van der Waals surface area (Å²) in [5.41, 5.74) is 0. The first-order chi connectivity index (χ1) is 7.31. The Kier molecular flexibility index (Phi) is 17.8. The summed E-state index contributed by atoms with van der Waals surface area (Å²) < 4.78 is 0. The molecule has 1 unspecified atom stereocenters. The summed E-state index contributed by atoms with van der Waals surface area (Å²) in [4.78, 5) is 9.57. The molecule has 0 aromatic carbocycles. The predicted octanol–water partition coefficient (Wildman–Crippen LogP) is 0.899. The van der Waals surface area contributed by atoms with Crippen LogP contribution in [0.25, 0.3) is 0 Å². The minimum atomic E-state index is -0.0648. The van der Waals surface area contributed by atoms with Crippen LogP contribution in [0.15, 0.2) is 0 Å². The van der Waals surface area contributed by atoms with E-state index >= 15 is 0 Å². The van der Waals surface area contributed by atoms with Crippen LogP contribution in [-0.2, 0) is 4.79 Å². The molecule has 1 saturated heterocycles. The number of carbonyl (C=O) groups is 1. The summed E-state index contributed by atoms with van der Waals surface area (Å²) in [6, 6.07) is 0. The molecule has 1 rings (SSSR count). The number of hydrogen-bond acceptors (Lipinski definition) is 3. The van der Waals surface area contributed by atoms with Crippen molar-refractivity contribution in [3.05, 3.63) is 0 Å². The molecule has 15 heavy (non-hydrogen) atoms. The summed E-state index contributed by atoms with van der Waals surface area (Å²) in [5, 5.41) is 14.3. The molecule has 1 fully saturated rings. The lowest BCUT2D eigenvalue weighted by molar-refractivity contribution is -0.109. The van der Waals surface area contributed by atoms with Crippen molar-refractivity contribution in [2.24, 2.45) is 0 Å². The van der Waals surface area contributed by atoms with Crippen LogP contribution in [0.2, 0.25) is 0 Å². The molecule has 1 aliphatic rings. The zero-order valence-electron chi connectivity index (χ0n) is 10.3. The first kappa shape index (κ1) is 16.8. The maximum atomic E-state index is 9.57. The maximum Gasteiger partial charge on any atom is 0.207 e. The Balaban J connectivity index is 0. The van der Waals surface area contributed by atoms with E-state index < -0.39 is 0 Å². The second kappa shape index (κ2) is 15.8. The summed E-state index contributed by atoms with van der Waals surface area (Å²) in [7, 11) is 0. The minimum Gasteiger partial charge on any atom is -0.392 e. The van der Waals surface area contributed by atoms with Gasteiger partial charge in [0.15, 0.2) is 0 Å². The van der Waals surface area contributed by atoms with Gasteiger partial charge in [-0.25, -0.2) is 0 Å². The molecule has 4 heteroatoms. The Morgan fingerprint density at radius 1 is 1.53 bits per heavy atom. The molecule has 0 spiro atoms. The topological polar surface area (TPSA) is 61.4 Å². The van der Waals surface area contributed by atoms with Crippen LogP contribution in [0.5, 0.6) is 0 Å². The van der Waals surface area contributed by atoms with Crippen molar-refractivity contribution in [3.63, 3.8) is 0 Å². The van der Waals surface area contributed by atoms with Crippen molar-refractivity contribution in [2.45, 2.75) is 46.1 Å². The lowest BCUT2D eigenvalue weighted by Crippen LogP contribution is -2.11. The Morgan fingerprint density at radius 3 is 2.47 bits per heavy atom. The number of β-amino-alcohol motifs (C(OH)–C–C–N with tert-alkyl or cyclic N) is 1. The molecule has 1 atom stereocenters. The fourth-order valence-corrected chi connectivity index (χ4v) is 0.977. The molecule has 4 nitrogen and oxygen atoms in total. The van der Waals surface area contributed by atoms with Crippen LogP contribution in [0.1, 0.15) is 40.0 Å². The van der Waals surface area contributed by atoms with Gasteiger partial charge in [-0.15, -0.1) is 0 Å². The van der Waals surface area contributed by atoms with Gasteiger partial charge in [-0.3, -0.25) is 4.79 Å². The highest BCUT2D eigenvalue weighted by Crippen LogP contribution is 1.93. The fraction of sp³-hybridized carbons (Fsp3) is 0.909. The molecule has 0 radical (unpaired) electrons. The Hall–Kier alpha value is -0.610. The van der Waals surface area contributed by atoms with E-state index in [1.54, 1.807) is 0 Å². The van der Waals surface area contributed by atoms with Crippen LogP contribution in [0.3, 0.4) is 0 Å². The quantitative estimate of drug-likeness (QED) is 0.485. The van der Waals surface area contributed by atoms with Gasteiger partial charge in [0.2, 0.25) is 6.41 Å². The number of aliphatic hydroxyl groups is 1. The van der Waals surface area contributed by atoms with E-state index in [-0.39, 0.29) is 6.10 Å². The van der Waals surface area contributed by atoms with Gasteiger partial charge in [-0.2, -0.15) is 0 Å². The molecule has 0 aliphatic carbocycles. The van der Waals surface area contributed by atoms with Gasteiger partial charge < -0.3 is 15.7 Å². The molecule has 1 heterocycles. The first-order valence-electron chi connectivity index (χ1n) is 5.87. The molecule has 1 aliphatic heterocycles. The van der Waals surface area contributed by atoms with Crippen molar-refractivity contribution < 1.29 is 9.90 Å². The average Bonchev–Trinajstić information content (AvgIpc) is 2.74. The molecule has 0 aromatic heterocycles. The summed E-state index contributed by atoms with van der Waals surface area (Å²) in [6.45, 7) is 8.69. The number of carbonyl (C=O) groups excluding carboxylic acids is 1. The van der Waals surface area contributed by atoms with E-state index in [9.17, 15) is 4.79 Å². The van der Waals surface area contributed by atoms with Crippen LogP contribution >= 0.6 is 0 Å². The van der Waals surface area contributed by atoms with Gasteiger partial charge in [-0.05, 0) is 19.4 Å². The van der Waals surface area contributed by atoms with Crippen LogP contribution in [0.4, 0.5) is 0 Å². The van der Waals surface area contributed by atoms with Gasteiger partial charge in [0.05, 0.1) is 6.10 Å². The van der Waals surface area contributed by atoms with Crippen molar-refractivity contribution >= 4 is 6.41 Å². The van der Waals surface area contributed by atoms with Crippen molar-refractivity contribution in [1.29, 1.82) is 0 Å². The zero-order chi connectivity index (χ0) is 11.9. The number of rotatable bonds is 4. The predicted molar refractivity (Wildman–Crippen MR) is 63.8 cm³/mol. The smallest absolute Gasteiger partial charge is 0.207 e. The molecule has 0 aromatic rings. The molecular weight excluding hydrogens is 192 g/mol. The number of nitrogens with one attached hydrogen (secondary N) is 2. The first-order valence-corrected chi connectivity index (χ1v) is 5.87. The number of unbranched alkanes of at least 4 members (excludes halogenated alkanes) is 1. The fourth-order valence-electron chi connectivity index (χ4n) is 0.977. The van der Waals surface area contributed by atoms with E-state index in [1.807, 2.05) is 13.8 Å². The molecule has 0 saturated carbocycles. The molecule has 1 amide bonds. The van der Waals surface area contributed by atoms with E-state index in [0.29, 0.717) is 0 Å². The van der Waals surface area contributed by atoms with Crippen molar-refractivity contribution in [2.75, 3.05) is 19.6 Å².